The quantitative estimate of drug-likeness (QED) is 0.908. The van der Waals surface area contributed by atoms with E-state index in [1.165, 1.54) is 11.2 Å². The van der Waals surface area contributed by atoms with Crippen molar-refractivity contribution in [2.75, 3.05) is 13.1 Å². The van der Waals surface area contributed by atoms with Crippen molar-refractivity contribution in [3.63, 3.8) is 0 Å². The molecule has 0 aliphatic heterocycles. The lowest BCUT2D eigenvalue weighted by Crippen LogP contribution is -2.35. The third kappa shape index (κ3) is 2.88. The molecule has 104 valence electrons. The lowest BCUT2D eigenvalue weighted by atomic mass is 10.1. The largest absolute Gasteiger partial charge is 0.480 e. The van der Waals surface area contributed by atoms with Crippen molar-refractivity contribution in [1.82, 2.24) is 4.90 Å². The van der Waals surface area contributed by atoms with E-state index in [-0.39, 0.29) is 12.3 Å². The zero-order valence-corrected chi connectivity index (χ0v) is 11.1. The Kier molecular flexibility index (Phi) is 4.20. The average molecular weight is 273 g/mol. The van der Waals surface area contributed by atoms with Crippen LogP contribution in [-0.4, -0.2) is 35.0 Å². The summed E-state index contributed by atoms with van der Waals surface area (Å²) in [5.41, 5.74) is 1.52. The molecule has 5 heteroatoms. The van der Waals surface area contributed by atoms with Crippen LogP contribution in [0.25, 0.3) is 11.1 Å². The first-order chi connectivity index (χ1) is 9.63. The molecule has 0 aliphatic rings. The Hall–Kier alpha value is -2.56. The van der Waals surface area contributed by atoms with Crippen LogP contribution >= 0.6 is 0 Å². The van der Waals surface area contributed by atoms with E-state index in [2.05, 4.69) is 0 Å². The van der Waals surface area contributed by atoms with Gasteiger partial charge < -0.3 is 14.4 Å². The number of hydrogen-bond acceptors (Lipinski definition) is 3. The van der Waals surface area contributed by atoms with E-state index < -0.39 is 11.9 Å². The Morgan fingerprint density at radius 2 is 1.90 bits per heavy atom. The second-order valence-electron chi connectivity index (χ2n) is 4.24. The smallest absolute Gasteiger partial charge is 0.323 e. The lowest BCUT2D eigenvalue weighted by molar-refractivity contribution is -0.137. The summed E-state index contributed by atoms with van der Waals surface area (Å²) in [6.07, 6.45) is 1.43. The number of nitrogens with zero attached hydrogens (tertiary/aromatic N) is 1. The number of rotatable bonds is 5. The van der Waals surface area contributed by atoms with E-state index in [1.54, 1.807) is 13.0 Å². The highest BCUT2D eigenvalue weighted by Crippen LogP contribution is 2.25. The molecule has 20 heavy (non-hydrogen) atoms. The first-order valence-electron chi connectivity index (χ1n) is 6.27. The van der Waals surface area contributed by atoms with Gasteiger partial charge >= 0.3 is 5.97 Å². The molecule has 1 amide bonds. The average Bonchev–Trinajstić information content (AvgIpc) is 2.94. The molecule has 0 unspecified atom stereocenters. The molecule has 0 spiro atoms. The van der Waals surface area contributed by atoms with Crippen LogP contribution in [0.5, 0.6) is 0 Å². The number of carboxylic acid groups (broad SMARTS) is 1. The first kappa shape index (κ1) is 13.9. The van der Waals surface area contributed by atoms with Crippen molar-refractivity contribution in [2.24, 2.45) is 0 Å². The minimum atomic E-state index is -1.05. The summed E-state index contributed by atoms with van der Waals surface area (Å²) in [4.78, 5) is 24.3. The number of hydrogen-bond donors (Lipinski definition) is 1. The van der Waals surface area contributed by atoms with E-state index >= 15 is 0 Å². The predicted molar refractivity (Wildman–Crippen MR) is 73.4 cm³/mol. The lowest BCUT2D eigenvalue weighted by Gasteiger charge is -2.17. The molecule has 0 aliphatic carbocycles. The fourth-order valence-electron chi connectivity index (χ4n) is 1.95. The van der Waals surface area contributed by atoms with Crippen LogP contribution < -0.4 is 0 Å². The normalized spacial score (nSPS) is 10.2. The molecule has 0 saturated heterocycles. The third-order valence-corrected chi connectivity index (χ3v) is 2.94. The number of aliphatic carboxylic acids is 1. The predicted octanol–water partition coefficient (Wildman–Crippen LogP) is 2.49. The van der Waals surface area contributed by atoms with E-state index in [4.69, 9.17) is 9.52 Å². The van der Waals surface area contributed by atoms with Gasteiger partial charge in [0.15, 0.2) is 5.76 Å². The number of likely N-dealkylation sites (N-methyl/N-ethyl adjacent to an activating group) is 1. The summed E-state index contributed by atoms with van der Waals surface area (Å²) in [6, 6.07) is 11.1. The highest BCUT2D eigenvalue weighted by Gasteiger charge is 2.23. The number of furan rings is 1. The summed E-state index contributed by atoms with van der Waals surface area (Å²) in [6.45, 7) is 1.69. The maximum absolute atomic E-state index is 12.3. The van der Waals surface area contributed by atoms with E-state index in [1.807, 2.05) is 30.3 Å². The summed E-state index contributed by atoms with van der Waals surface area (Å²) in [5.74, 6) is -1.30. The second-order valence-corrected chi connectivity index (χ2v) is 4.24. The van der Waals surface area contributed by atoms with Gasteiger partial charge in [-0.05, 0) is 18.6 Å². The van der Waals surface area contributed by atoms with Crippen LogP contribution in [0.15, 0.2) is 47.1 Å². The maximum Gasteiger partial charge on any atom is 0.323 e. The minimum Gasteiger partial charge on any atom is -0.480 e. The summed E-state index contributed by atoms with van der Waals surface area (Å²) >= 11 is 0. The van der Waals surface area contributed by atoms with Crippen LogP contribution in [0.2, 0.25) is 0 Å². The third-order valence-electron chi connectivity index (χ3n) is 2.94. The highest BCUT2D eigenvalue weighted by atomic mass is 16.4. The van der Waals surface area contributed by atoms with Gasteiger partial charge in [0.1, 0.15) is 6.54 Å². The van der Waals surface area contributed by atoms with Gasteiger partial charge in [-0.3, -0.25) is 9.59 Å². The summed E-state index contributed by atoms with van der Waals surface area (Å²) < 4.78 is 5.26. The summed E-state index contributed by atoms with van der Waals surface area (Å²) in [5, 5.41) is 8.82. The molecule has 1 N–H and O–H groups in total. The topological polar surface area (TPSA) is 70.8 Å². The Morgan fingerprint density at radius 3 is 2.50 bits per heavy atom. The van der Waals surface area contributed by atoms with Crippen LogP contribution in [0.3, 0.4) is 0 Å². The highest BCUT2D eigenvalue weighted by molar-refractivity contribution is 5.99. The molecule has 5 nitrogen and oxygen atoms in total. The van der Waals surface area contributed by atoms with Crippen molar-refractivity contribution in [3.8, 4) is 11.1 Å². The van der Waals surface area contributed by atoms with Gasteiger partial charge in [0.05, 0.1) is 6.26 Å². The number of carbonyl (C=O) groups excluding carboxylic acids is 1. The number of benzene rings is 1. The molecule has 0 atom stereocenters. The van der Waals surface area contributed by atoms with Crippen molar-refractivity contribution in [2.45, 2.75) is 6.92 Å². The van der Waals surface area contributed by atoms with Crippen molar-refractivity contribution in [3.05, 3.63) is 48.4 Å². The second kappa shape index (κ2) is 6.06. The van der Waals surface area contributed by atoms with Gasteiger partial charge in [0.25, 0.3) is 5.91 Å². The van der Waals surface area contributed by atoms with Gasteiger partial charge in [0, 0.05) is 12.1 Å². The molecule has 0 fully saturated rings. The standard InChI is InChI=1S/C15H15NO4/c1-2-16(10-13(17)18)15(19)14-12(8-9-20-14)11-6-4-3-5-7-11/h3-9H,2,10H2,1H3,(H,17,18). The molecule has 0 saturated carbocycles. The molecular weight excluding hydrogens is 258 g/mol. The first-order valence-corrected chi connectivity index (χ1v) is 6.27. The van der Waals surface area contributed by atoms with Crippen LogP contribution in [0, 0.1) is 0 Å². The molecule has 0 bridgehead atoms. The van der Waals surface area contributed by atoms with Crippen molar-refractivity contribution in [1.29, 1.82) is 0 Å². The van der Waals surface area contributed by atoms with Crippen LogP contribution in [0.1, 0.15) is 17.5 Å². The molecule has 2 aromatic rings. The molecule has 1 heterocycles. The SMILES string of the molecule is CCN(CC(=O)O)C(=O)c1occc1-c1ccccc1. The molecule has 0 radical (unpaired) electrons. The van der Waals surface area contributed by atoms with Crippen molar-refractivity contribution < 1.29 is 19.1 Å². The van der Waals surface area contributed by atoms with Gasteiger partial charge in [-0.2, -0.15) is 0 Å². The molecule has 1 aromatic heterocycles. The maximum atomic E-state index is 12.3. The van der Waals surface area contributed by atoms with Crippen LogP contribution in [0.4, 0.5) is 0 Å². The van der Waals surface area contributed by atoms with E-state index in [9.17, 15) is 9.59 Å². The number of amides is 1. The Morgan fingerprint density at radius 1 is 1.20 bits per heavy atom. The Balaban J connectivity index is 2.32. The molecule has 1 aromatic carbocycles. The minimum absolute atomic E-state index is 0.166. The van der Waals surface area contributed by atoms with Crippen molar-refractivity contribution >= 4 is 11.9 Å². The molecule has 2 rings (SSSR count). The molecular formula is C15H15NO4. The fourth-order valence-corrected chi connectivity index (χ4v) is 1.95. The Labute approximate surface area is 116 Å². The van der Waals surface area contributed by atoms with Gasteiger partial charge in [-0.1, -0.05) is 30.3 Å². The number of carbonyl (C=O) groups is 2. The monoisotopic (exact) mass is 273 g/mol. The summed E-state index contributed by atoms with van der Waals surface area (Å²) in [7, 11) is 0. The Bertz CT molecular complexity index is 603. The van der Waals surface area contributed by atoms with Crippen LogP contribution in [-0.2, 0) is 4.79 Å². The zero-order chi connectivity index (χ0) is 14.5. The van der Waals surface area contributed by atoms with E-state index in [0.29, 0.717) is 12.1 Å². The van der Waals surface area contributed by atoms with Gasteiger partial charge in [-0.25, -0.2) is 0 Å². The van der Waals surface area contributed by atoms with Gasteiger partial charge in [0.2, 0.25) is 0 Å². The zero-order valence-electron chi connectivity index (χ0n) is 11.1. The van der Waals surface area contributed by atoms with Gasteiger partial charge in [-0.15, -0.1) is 0 Å². The number of carboxylic acids is 1. The van der Waals surface area contributed by atoms with E-state index in [0.717, 1.165) is 5.56 Å². The fraction of sp³-hybridized carbons (Fsp3) is 0.200.